The zero-order valence-corrected chi connectivity index (χ0v) is 16.3. The molecule has 6 nitrogen and oxygen atoms in total. The Labute approximate surface area is 157 Å². The normalized spacial score (nSPS) is 16.3. The number of hydrogen-bond donors (Lipinski definition) is 0. The molecule has 0 aromatic carbocycles. The van der Waals surface area contributed by atoms with Gasteiger partial charge in [-0.25, -0.2) is 4.98 Å². The third-order valence-electron chi connectivity index (χ3n) is 4.94. The van der Waals surface area contributed by atoms with Gasteiger partial charge in [0.15, 0.2) is 0 Å². The van der Waals surface area contributed by atoms with E-state index in [0.29, 0.717) is 24.4 Å². The first-order chi connectivity index (χ1) is 12.4. The summed E-state index contributed by atoms with van der Waals surface area (Å²) in [5.41, 5.74) is 0.859. The van der Waals surface area contributed by atoms with Crippen LogP contribution >= 0.6 is 11.3 Å². The summed E-state index contributed by atoms with van der Waals surface area (Å²) in [6, 6.07) is 3.78. The van der Waals surface area contributed by atoms with E-state index in [1.54, 1.807) is 37.6 Å². The van der Waals surface area contributed by atoms with Gasteiger partial charge >= 0.3 is 0 Å². The number of carbonyl (C=O) groups is 2. The fraction of sp³-hybridized carbons (Fsp3) is 0.474. The molecule has 0 aliphatic carbocycles. The number of rotatable bonds is 4. The number of likely N-dealkylation sites (tertiary alicyclic amines) is 1. The summed E-state index contributed by atoms with van der Waals surface area (Å²) in [4.78, 5) is 37.4. The van der Waals surface area contributed by atoms with Gasteiger partial charge < -0.3 is 9.80 Å². The minimum absolute atomic E-state index is 0.0126. The van der Waals surface area contributed by atoms with Crippen LogP contribution in [-0.2, 0) is 16.6 Å². The molecule has 2 aromatic heterocycles. The van der Waals surface area contributed by atoms with Crippen LogP contribution in [0, 0.1) is 0 Å². The van der Waals surface area contributed by atoms with Gasteiger partial charge in [-0.05, 0) is 24.5 Å². The Kier molecular flexibility index (Phi) is 5.36. The lowest BCUT2D eigenvalue weighted by Gasteiger charge is -2.38. The molecule has 0 unspecified atom stereocenters. The Morgan fingerprint density at radius 3 is 2.62 bits per heavy atom. The van der Waals surface area contributed by atoms with Gasteiger partial charge in [0, 0.05) is 45.0 Å². The van der Waals surface area contributed by atoms with Crippen LogP contribution in [0.4, 0.5) is 0 Å². The molecule has 3 heterocycles. The number of hydrogen-bond acceptors (Lipinski definition) is 5. The Morgan fingerprint density at radius 1 is 1.27 bits per heavy atom. The van der Waals surface area contributed by atoms with E-state index in [1.807, 2.05) is 17.0 Å². The lowest BCUT2D eigenvalue weighted by Crippen LogP contribution is -2.44. The largest absolute Gasteiger partial charge is 0.344 e. The topological polar surface area (TPSA) is 66.4 Å². The van der Waals surface area contributed by atoms with E-state index in [1.165, 1.54) is 11.3 Å². The second-order valence-electron chi connectivity index (χ2n) is 7.21. The molecule has 1 aliphatic heterocycles. The summed E-state index contributed by atoms with van der Waals surface area (Å²) in [5.74, 6) is 0.129. The standard InChI is InChI=1S/C19H24N4O2S/c1-19(18-21-13-15(26-18)17(25)22(2)3)6-9-23(10-7-19)16(24)11-14-5-4-8-20-12-14/h4-5,8,12-13H,6-7,9-11H2,1-3H3. The quantitative estimate of drug-likeness (QED) is 0.826. The summed E-state index contributed by atoms with van der Waals surface area (Å²) < 4.78 is 0. The fourth-order valence-electron chi connectivity index (χ4n) is 3.13. The first kappa shape index (κ1) is 18.5. The van der Waals surface area contributed by atoms with Crippen molar-refractivity contribution in [2.45, 2.75) is 31.6 Å². The maximum Gasteiger partial charge on any atom is 0.265 e. The molecule has 0 N–H and O–H groups in total. The third-order valence-corrected chi connectivity index (χ3v) is 6.23. The Bertz CT molecular complexity index is 780. The van der Waals surface area contributed by atoms with E-state index in [9.17, 15) is 9.59 Å². The third kappa shape index (κ3) is 3.93. The monoisotopic (exact) mass is 372 g/mol. The molecule has 0 spiro atoms. The van der Waals surface area contributed by atoms with Crippen molar-refractivity contribution < 1.29 is 9.59 Å². The maximum atomic E-state index is 12.5. The molecule has 138 valence electrons. The Hall–Kier alpha value is -2.28. The zero-order valence-electron chi connectivity index (χ0n) is 15.4. The molecule has 1 aliphatic rings. The van der Waals surface area contributed by atoms with E-state index in [4.69, 9.17) is 0 Å². The maximum absolute atomic E-state index is 12.5. The van der Waals surface area contributed by atoms with Crippen LogP contribution < -0.4 is 0 Å². The minimum atomic E-state index is -0.0827. The van der Waals surface area contributed by atoms with Gasteiger partial charge in [-0.3, -0.25) is 14.6 Å². The molecule has 26 heavy (non-hydrogen) atoms. The van der Waals surface area contributed by atoms with Crippen LogP contribution in [-0.4, -0.2) is 58.8 Å². The summed E-state index contributed by atoms with van der Waals surface area (Å²) >= 11 is 1.47. The highest BCUT2D eigenvalue weighted by atomic mass is 32.1. The highest BCUT2D eigenvalue weighted by Gasteiger charge is 2.36. The van der Waals surface area contributed by atoms with Crippen molar-refractivity contribution in [3.8, 4) is 0 Å². The molecular weight excluding hydrogens is 348 g/mol. The predicted octanol–water partition coefficient (Wildman–Crippen LogP) is 2.36. The molecular formula is C19H24N4O2S. The molecule has 1 saturated heterocycles. The van der Waals surface area contributed by atoms with Crippen molar-refractivity contribution in [3.63, 3.8) is 0 Å². The number of nitrogens with zero attached hydrogens (tertiary/aromatic N) is 4. The van der Waals surface area contributed by atoms with E-state index in [0.717, 1.165) is 23.4 Å². The smallest absolute Gasteiger partial charge is 0.265 e. The van der Waals surface area contributed by atoms with Gasteiger partial charge in [0.1, 0.15) is 4.88 Å². The second kappa shape index (κ2) is 7.53. The highest BCUT2D eigenvalue weighted by molar-refractivity contribution is 7.13. The van der Waals surface area contributed by atoms with Gasteiger partial charge in [-0.1, -0.05) is 13.0 Å². The van der Waals surface area contributed by atoms with Gasteiger partial charge in [-0.15, -0.1) is 11.3 Å². The van der Waals surface area contributed by atoms with Crippen molar-refractivity contribution in [1.82, 2.24) is 19.8 Å². The van der Waals surface area contributed by atoms with Crippen LogP contribution in [0.25, 0.3) is 0 Å². The minimum Gasteiger partial charge on any atom is -0.344 e. The predicted molar refractivity (Wildman–Crippen MR) is 101 cm³/mol. The summed E-state index contributed by atoms with van der Waals surface area (Å²) in [7, 11) is 3.49. The Morgan fingerprint density at radius 2 is 2.00 bits per heavy atom. The van der Waals surface area contributed by atoms with Gasteiger partial charge in [0.25, 0.3) is 5.91 Å². The van der Waals surface area contributed by atoms with Crippen LogP contribution in [0.5, 0.6) is 0 Å². The average molecular weight is 372 g/mol. The number of aromatic nitrogens is 2. The highest BCUT2D eigenvalue weighted by Crippen LogP contribution is 2.37. The van der Waals surface area contributed by atoms with Gasteiger partial charge in [0.05, 0.1) is 17.6 Å². The number of pyridine rings is 1. The number of amides is 2. The van der Waals surface area contributed by atoms with Crippen molar-refractivity contribution in [1.29, 1.82) is 0 Å². The first-order valence-electron chi connectivity index (χ1n) is 8.74. The van der Waals surface area contributed by atoms with Crippen LogP contribution in [0.1, 0.15) is 40.0 Å². The van der Waals surface area contributed by atoms with Crippen molar-refractivity contribution >= 4 is 23.2 Å². The van der Waals surface area contributed by atoms with Crippen LogP contribution in [0.2, 0.25) is 0 Å². The fourth-order valence-corrected chi connectivity index (χ4v) is 4.26. The van der Waals surface area contributed by atoms with Crippen LogP contribution in [0.3, 0.4) is 0 Å². The number of thiazole rings is 1. The summed E-state index contributed by atoms with van der Waals surface area (Å²) in [6.07, 6.45) is 7.23. The first-order valence-corrected chi connectivity index (χ1v) is 9.55. The summed E-state index contributed by atoms with van der Waals surface area (Å²) in [5, 5.41) is 0.988. The van der Waals surface area contributed by atoms with E-state index >= 15 is 0 Å². The second-order valence-corrected chi connectivity index (χ2v) is 8.24. The van der Waals surface area contributed by atoms with Crippen molar-refractivity contribution in [2.24, 2.45) is 0 Å². The van der Waals surface area contributed by atoms with Crippen LogP contribution in [0.15, 0.2) is 30.7 Å². The van der Waals surface area contributed by atoms with Gasteiger partial charge in [-0.2, -0.15) is 0 Å². The van der Waals surface area contributed by atoms with E-state index in [2.05, 4.69) is 16.9 Å². The molecule has 7 heteroatoms. The molecule has 0 atom stereocenters. The number of piperidine rings is 1. The van der Waals surface area contributed by atoms with Crippen molar-refractivity contribution in [3.05, 3.63) is 46.2 Å². The lowest BCUT2D eigenvalue weighted by molar-refractivity contribution is -0.132. The molecule has 2 aromatic rings. The molecule has 3 rings (SSSR count). The average Bonchev–Trinajstić information content (AvgIpc) is 3.13. The Balaban J connectivity index is 1.62. The van der Waals surface area contributed by atoms with Gasteiger partial charge in [0.2, 0.25) is 5.91 Å². The molecule has 0 saturated carbocycles. The lowest BCUT2D eigenvalue weighted by atomic mass is 9.81. The molecule has 1 fully saturated rings. The van der Waals surface area contributed by atoms with E-state index in [-0.39, 0.29) is 17.2 Å². The molecule has 2 amide bonds. The SMILES string of the molecule is CN(C)C(=O)c1cnc(C2(C)CCN(C(=O)Cc3cccnc3)CC2)s1. The molecule has 0 bridgehead atoms. The molecule has 0 radical (unpaired) electrons. The zero-order chi connectivity index (χ0) is 18.7. The van der Waals surface area contributed by atoms with E-state index < -0.39 is 0 Å². The van der Waals surface area contributed by atoms with Crippen molar-refractivity contribution in [2.75, 3.05) is 27.2 Å². The summed E-state index contributed by atoms with van der Waals surface area (Å²) in [6.45, 7) is 3.61. The number of carbonyl (C=O) groups excluding carboxylic acids is 2.